The van der Waals surface area contributed by atoms with Crippen LogP contribution in [0.2, 0.25) is 0 Å². The Morgan fingerprint density at radius 1 is 0.467 bits per heavy atom. The molecule has 4 amide bonds. The summed E-state index contributed by atoms with van der Waals surface area (Å²) in [5, 5.41) is 9.42. The molecule has 22 heteroatoms. The second-order valence-electron chi connectivity index (χ2n) is 27.3. The third-order valence-corrected chi connectivity index (χ3v) is 18.4. The van der Waals surface area contributed by atoms with Crippen molar-refractivity contribution in [2.75, 3.05) is 42.4 Å². The summed E-state index contributed by atoms with van der Waals surface area (Å²) in [6, 6.07) is 13.6. The van der Waals surface area contributed by atoms with Crippen LogP contribution in [0.3, 0.4) is 0 Å². The summed E-state index contributed by atoms with van der Waals surface area (Å²) < 4.78 is 40.1. The van der Waals surface area contributed by atoms with Gasteiger partial charge in [0.15, 0.2) is 24.4 Å². The first-order valence-electron chi connectivity index (χ1n) is 32.7. The highest BCUT2D eigenvalue weighted by Crippen LogP contribution is 2.45. The van der Waals surface area contributed by atoms with E-state index >= 15 is 9.59 Å². The maximum absolute atomic E-state index is 15.2. The van der Waals surface area contributed by atoms with Crippen LogP contribution in [0.4, 0.5) is 0 Å². The largest absolute Gasteiger partial charge is 0.451 e. The Bertz CT molecular complexity index is 3160. The molecule has 3 heterocycles. The Morgan fingerprint density at radius 2 is 0.815 bits per heavy atom. The topological polar surface area (TPSA) is 241 Å². The smallest absolute Gasteiger partial charge is 0.329 e. The zero-order valence-corrected chi connectivity index (χ0v) is 57.0. The lowest BCUT2D eigenvalue weighted by molar-refractivity contribution is -0.176. The van der Waals surface area contributed by atoms with Gasteiger partial charge in [-0.15, -0.1) is 0 Å². The molecule has 3 aliphatic rings. The van der Waals surface area contributed by atoms with Crippen molar-refractivity contribution in [1.29, 1.82) is 0 Å². The van der Waals surface area contributed by atoms with Gasteiger partial charge in [-0.25, -0.2) is 19.2 Å². The number of cyclic esters (lactones) is 4. The van der Waals surface area contributed by atoms with E-state index in [2.05, 4.69) is 5.10 Å². The molecule has 1 aliphatic heterocycles. The van der Waals surface area contributed by atoms with E-state index in [4.69, 9.17) is 33.5 Å². The molecule has 22 nitrogen and oxygen atoms in total. The number of carbonyl (C=O) groups excluding carboxylic acids is 8. The van der Waals surface area contributed by atoms with Gasteiger partial charge in [-0.1, -0.05) is 104 Å². The Morgan fingerprint density at radius 3 is 1.16 bits per heavy atom. The summed E-state index contributed by atoms with van der Waals surface area (Å²) >= 11 is 0. The molecular formula is C70H100N8O14. The Balaban J connectivity index is 1.23. The van der Waals surface area contributed by atoms with Crippen LogP contribution in [0.25, 0.3) is 0 Å². The average molecular weight is 1280 g/mol. The number of benzene rings is 2. The lowest BCUT2D eigenvalue weighted by atomic mass is 9.77. The monoisotopic (exact) mass is 1280 g/mol. The molecule has 8 atom stereocenters. The molecule has 2 saturated carbocycles. The average Bonchev–Trinajstić information content (AvgIpc) is 1.55. The number of aromatic nitrogens is 4. The van der Waals surface area contributed by atoms with Crippen molar-refractivity contribution in [2.45, 2.75) is 219 Å². The quantitative estimate of drug-likeness (QED) is 0.0598. The van der Waals surface area contributed by atoms with E-state index in [9.17, 15) is 28.8 Å². The van der Waals surface area contributed by atoms with Crippen molar-refractivity contribution in [2.24, 2.45) is 23.7 Å². The maximum atomic E-state index is 15.2. The molecule has 0 bridgehead atoms. The first-order chi connectivity index (χ1) is 43.5. The highest BCUT2D eigenvalue weighted by molar-refractivity contribution is 5.94. The highest BCUT2D eigenvalue weighted by atomic mass is 16.6. The SMILES string of the molecule is COC1(c2ccn(Cc3ccc(C[C@H]4OC(=O)[C@H](CC(C)C)N(C)C(=O)[C@@H](C)OC(=O)[C@H](CC(C)C)N(C)C(=O)[C@@H](Cc5ccc(Cn6nccc6C6(OC)CCC6)cc5)OC(=O)[C@H](CC(C)C)N(C)C(=O)[C@@H](C)OC(=O)[C@H](CC(C)C)N(C)C4=O)cc3)n2)CCC1. The van der Waals surface area contributed by atoms with Crippen LogP contribution in [-0.2, 0) is 104 Å². The van der Waals surface area contributed by atoms with Crippen LogP contribution in [0.5, 0.6) is 0 Å². The minimum Gasteiger partial charge on any atom is -0.451 e. The van der Waals surface area contributed by atoms with Gasteiger partial charge in [0.05, 0.1) is 24.5 Å². The third kappa shape index (κ3) is 17.4. The molecule has 0 spiro atoms. The van der Waals surface area contributed by atoms with E-state index < -0.39 is 102 Å². The van der Waals surface area contributed by atoms with Crippen molar-refractivity contribution in [3.63, 3.8) is 0 Å². The zero-order valence-electron chi connectivity index (χ0n) is 57.0. The number of nitrogens with zero attached hydrogens (tertiary/aromatic N) is 8. The van der Waals surface area contributed by atoms with Crippen molar-refractivity contribution in [3.8, 4) is 0 Å². The van der Waals surface area contributed by atoms with Crippen LogP contribution in [-0.4, -0.2) is 178 Å². The summed E-state index contributed by atoms with van der Waals surface area (Å²) in [5.74, 6) is -7.51. The van der Waals surface area contributed by atoms with Gasteiger partial charge in [0.1, 0.15) is 35.4 Å². The molecule has 2 aliphatic carbocycles. The molecule has 1 saturated heterocycles. The van der Waals surface area contributed by atoms with Gasteiger partial charge in [0, 0.05) is 67.6 Å². The Labute approximate surface area is 543 Å². The first kappa shape index (κ1) is 72.0. The number of rotatable bonds is 20. The number of esters is 4. The van der Waals surface area contributed by atoms with Gasteiger partial charge in [0.25, 0.3) is 23.6 Å². The van der Waals surface area contributed by atoms with Crippen molar-refractivity contribution in [3.05, 3.63) is 107 Å². The number of ether oxygens (including phenoxy) is 6. The van der Waals surface area contributed by atoms with Crippen LogP contribution >= 0.6 is 0 Å². The Hall–Kier alpha value is -7.46. The van der Waals surface area contributed by atoms with Gasteiger partial charge in [-0.05, 0) is 136 Å². The van der Waals surface area contributed by atoms with E-state index in [1.165, 1.54) is 51.8 Å². The maximum Gasteiger partial charge on any atom is 0.329 e. The summed E-state index contributed by atoms with van der Waals surface area (Å²) in [4.78, 5) is 123. The summed E-state index contributed by atoms with van der Waals surface area (Å²) in [7, 11) is 9.02. The molecule has 7 rings (SSSR count). The normalized spacial score (nSPS) is 24.4. The van der Waals surface area contributed by atoms with E-state index in [1.54, 1.807) is 20.4 Å². The minimum atomic E-state index is -1.55. The number of amides is 4. The van der Waals surface area contributed by atoms with E-state index in [1.807, 2.05) is 132 Å². The van der Waals surface area contributed by atoms with E-state index in [-0.39, 0.29) is 67.8 Å². The summed E-state index contributed by atoms with van der Waals surface area (Å²) in [6.45, 7) is 18.5. The lowest BCUT2D eigenvalue weighted by Gasteiger charge is -2.40. The van der Waals surface area contributed by atoms with Gasteiger partial charge < -0.3 is 48.0 Å². The van der Waals surface area contributed by atoms with E-state index in [0.717, 1.165) is 70.8 Å². The molecule has 0 radical (unpaired) electrons. The first-order valence-corrected chi connectivity index (χ1v) is 32.7. The van der Waals surface area contributed by atoms with Crippen molar-refractivity contribution in [1.82, 2.24) is 39.2 Å². The molecule has 2 aromatic carbocycles. The highest BCUT2D eigenvalue weighted by Gasteiger charge is 2.45. The molecule has 2 aromatic heterocycles. The molecule has 4 aromatic rings. The number of methoxy groups -OCH3 is 2. The van der Waals surface area contributed by atoms with Gasteiger partial charge >= 0.3 is 23.9 Å². The van der Waals surface area contributed by atoms with E-state index in [0.29, 0.717) is 24.2 Å². The molecule has 504 valence electrons. The zero-order chi connectivity index (χ0) is 67.5. The number of carbonyl (C=O) groups is 8. The number of hydrogen-bond acceptors (Lipinski definition) is 16. The second-order valence-corrected chi connectivity index (χ2v) is 27.3. The second kappa shape index (κ2) is 31.4. The molecule has 0 unspecified atom stereocenters. The lowest BCUT2D eigenvalue weighted by Crippen LogP contribution is -2.55. The third-order valence-electron chi connectivity index (χ3n) is 18.4. The van der Waals surface area contributed by atoms with Crippen LogP contribution in [0.15, 0.2) is 73.1 Å². The fourth-order valence-corrected chi connectivity index (χ4v) is 12.5. The predicted octanol–water partition coefficient (Wildman–Crippen LogP) is 8.21. The van der Waals surface area contributed by atoms with Crippen LogP contribution in [0, 0.1) is 23.7 Å². The molecular weight excluding hydrogens is 1180 g/mol. The number of hydrogen-bond donors (Lipinski definition) is 0. The van der Waals surface area contributed by atoms with Gasteiger partial charge in [0.2, 0.25) is 0 Å². The van der Waals surface area contributed by atoms with Gasteiger partial charge in [-0.2, -0.15) is 10.2 Å². The van der Waals surface area contributed by atoms with Crippen molar-refractivity contribution >= 4 is 47.5 Å². The molecule has 0 N–H and O–H groups in total. The Kier molecular flexibility index (Phi) is 24.6. The number of likely N-dealkylation sites (N-methyl/N-ethyl adjacent to an activating group) is 4. The van der Waals surface area contributed by atoms with Crippen molar-refractivity contribution < 1.29 is 66.8 Å². The summed E-state index contributed by atoms with van der Waals surface area (Å²) in [5.41, 5.74) is 4.11. The standard InChI is InChI=1S/C70H100N8O14/c1-43(2)35-53-65(83)89-48(10)62(80)74(12)56(38-46(7)8)68(86)92-58(40-50-21-25-52(26-22-50)42-78-60(27-33-71-78)70(88-16)31-18-32-70)64(82)76(14)54(36-44(3)4)66(84)90-47(9)61(79)73(11)55(37-45(5)6)67(85)91-57(63(81)75(53)13)39-49-19-23-51(24-20-49)41-77-34-28-59(72-77)69(87-15)29-17-30-69/h19-28,33-34,43-48,53-58H,17-18,29-32,35-42H2,1-16H3/t47-,48-,53+,54+,55+,56+,57-,58-/m1/s1. The predicted molar refractivity (Wildman–Crippen MR) is 343 cm³/mol. The fourth-order valence-electron chi connectivity index (χ4n) is 12.5. The fraction of sp³-hybridized carbons (Fsp3) is 0.629. The minimum absolute atomic E-state index is 0.0737. The van der Waals surface area contributed by atoms with Crippen LogP contribution < -0.4 is 0 Å². The van der Waals surface area contributed by atoms with Gasteiger partial charge in [-0.3, -0.25) is 28.5 Å². The summed E-state index contributed by atoms with van der Waals surface area (Å²) in [6.07, 6.45) is 3.25. The molecule has 92 heavy (non-hydrogen) atoms. The van der Waals surface area contributed by atoms with Crippen LogP contribution in [0.1, 0.15) is 167 Å². The molecule has 3 fully saturated rings.